The summed E-state index contributed by atoms with van der Waals surface area (Å²) in [6, 6.07) is 7.54. The number of hydrogen-bond donors (Lipinski definition) is 3. The number of fused-ring (bicyclic) bond motifs is 1. The summed E-state index contributed by atoms with van der Waals surface area (Å²) >= 11 is 0. The van der Waals surface area contributed by atoms with Crippen molar-refractivity contribution >= 4 is 11.7 Å². The number of urea groups is 1. The zero-order valence-electron chi connectivity index (χ0n) is 17.8. The number of aromatic amines is 1. The molecule has 0 atom stereocenters. The molecule has 1 aliphatic rings. The van der Waals surface area contributed by atoms with Gasteiger partial charge in [-0.3, -0.25) is 10.1 Å². The lowest BCUT2D eigenvalue weighted by atomic mass is 9.76. The number of anilines is 1. The number of aromatic nitrogens is 3. The van der Waals surface area contributed by atoms with E-state index >= 15 is 0 Å². The standard InChI is InChI=1S/C23H24F3N5O/c1-22(2)8-6-17-19(11-22)30-31-20(17)14-4-3-5-16(10-14)29-21(32)28-13-15-12-27-9-7-18(15)23(24,25)26/h3-5,7,9-10,12H,6,8,11,13H2,1-2H3,(H,30,31)(H2,28,29,32). The second kappa shape index (κ2) is 8.29. The molecule has 2 amide bonds. The Morgan fingerprint density at radius 3 is 2.84 bits per heavy atom. The van der Waals surface area contributed by atoms with Gasteiger partial charge in [-0.15, -0.1) is 0 Å². The average molecular weight is 443 g/mol. The van der Waals surface area contributed by atoms with Gasteiger partial charge in [0.25, 0.3) is 0 Å². The summed E-state index contributed by atoms with van der Waals surface area (Å²) in [6.45, 7) is 4.18. The van der Waals surface area contributed by atoms with Crippen molar-refractivity contribution in [2.45, 2.75) is 45.8 Å². The van der Waals surface area contributed by atoms with Crippen LogP contribution in [0.4, 0.5) is 23.7 Å². The summed E-state index contributed by atoms with van der Waals surface area (Å²) in [7, 11) is 0. The Hall–Kier alpha value is -3.36. The molecule has 0 unspecified atom stereocenters. The number of pyridine rings is 1. The number of rotatable bonds is 4. The van der Waals surface area contributed by atoms with Gasteiger partial charge in [0.15, 0.2) is 0 Å². The van der Waals surface area contributed by atoms with Crippen LogP contribution in [0.3, 0.4) is 0 Å². The lowest BCUT2D eigenvalue weighted by Gasteiger charge is -2.29. The van der Waals surface area contributed by atoms with Gasteiger partial charge in [0.1, 0.15) is 0 Å². The van der Waals surface area contributed by atoms with Crippen LogP contribution >= 0.6 is 0 Å². The van der Waals surface area contributed by atoms with Crippen LogP contribution in [0, 0.1) is 5.41 Å². The molecule has 2 aromatic heterocycles. The molecule has 3 N–H and O–H groups in total. The van der Waals surface area contributed by atoms with E-state index in [1.54, 1.807) is 12.1 Å². The Morgan fingerprint density at radius 2 is 2.06 bits per heavy atom. The minimum Gasteiger partial charge on any atom is -0.334 e. The number of carbonyl (C=O) groups excluding carboxylic acids is 1. The highest BCUT2D eigenvalue weighted by Crippen LogP contribution is 2.38. The number of nitrogens with one attached hydrogen (secondary N) is 3. The van der Waals surface area contributed by atoms with Crippen LogP contribution in [0.25, 0.3) is 11.3 Å². The van der Waals surface area contributed by atoms with Crippen LogP contribution in [0.5, 0.6) is 0 Å². The lowest BCUT2D eigenvalue weighted by Crippen LogP contribution is -2.29. The molecule has 0 fully saturated rings. The topological polar surface area (TPSA) is 82.7 Å². The maximum Gasteiger partial charge on any atom is 0.416 e. The summed E-state index contributed by atoms with van der Waals surface area (Å²) in [5.41, 5.74) is 3.91. The largest absolute Gasteiger partial charge is 0.416 e. The third kappa shape index (κ3) is 4.76. The van der Waals surface area contributed by atoms with E-state index in [4.69, 9.17) is 0 Å². The van der Waals surface area contributed by atoms with Gasteiger partial charge in [-0.05, 0) is 42.9 Å². The van der Waals surface area contributed by atoms with Crippen molar-refractivity contribution < 1.29 is 18.0 Å². The second-order valence-corrected chi connectivity index (χ2v) is 8.79. The molecular weight excluding hydrogens is 419 g/mol. The molecule has 4 rings (SSSR count). The smallest absolute Gasteiger partial charge is 0.334 e. The first-order valence-corrected chi connectivity index (χ1v) is 10.3. The molecule has 0 saturated carbocycles. The van der Waals surface area contributed by atoms with Crippen LogP contribution in [0.1, 0.15) is 42.7 Å². The molecule has 0 spiro atoms. The van der Waals surface area contributed by atoms with E-state index in [2.05, 4.69) is 39.7 Å². The quantitative estimate of drug-likeness (QED) is 0.510. The molecule has 0 radical (unpaired) electrons. The number of hydrogen-bond acceptors (Lipinski definition) is 3. The van der Waals surface area contributed by atoms with Crippen molar-refractivity contribution in [3.8, 4) is 11.3 Å². The molecule has 32 heavy (non-hydrogen) atoms. The number of benzene rings is 1. The molecule has 1 aromatic carbocycles. The molecule has 1 aliphatic carbocycles. The van der Waals surface area contributed by atoms with Crippen molar-refractivity contribution in [3.05, 3.63) is 65.1 Å². The fourth-order valence-electron chi connectivity index (χ4n) is 4.03. The minimum absolute atomic E-state index is 0.102. The van der Waals surface area contributed by atoms with E-state index in [0.29, 0.717) is 5.69 Å². The van der Waals surface area contributed by atoms with Crippen LogP contribution in [-0.4, -0.2) is 21.2 Å². The lowest BCUT2D eigenvalue weighted by molar-refractivity contribution is -0.138. The highest BCUT2D eigenvalue weighted by molar-refractivity contribution is 5.90. The molecule has 168 valence electrons. The molecule has 0 bridgehead atoms. The summed E-state index contributed by atoms with van der Waals surface area (Å²) < 4.78 is 39.3. The Labute approximate surface area is 183 Å². The molecule has 0 saturated heterocycles. The molecule has 6 nitrogen and oxygen atoms in total. The van der Waals surface area contributed by atoms with Crippen LogP contribution in [0.15, 0.2) is 42.7 Å². The third-order valence-corrected chi connectivity index (χ3v) is 5.70. The van der Waals surface area contributed by atoms with Crippen molar-refractivity contribution in [2.24, 2.45) is 5.41 Å². The maximum absolute atomic E-state index is 13.1. The van der Waals surface area contributed by atoms with Gasteiger partial charge in [-0.2, -0.15) is 18.3 Å². The van der Waals surface area contributed by atoms with Crippen LogP contribution < -0.4 is 10.6 Å². The highest BCUT2D eigenvalue weighted by Gasteiger charge is 2.33. The van der Waals surface area contributed by atoms with E-state index < -0.39 is 17.8 Å². The van der Waals surface area contributed by atoms with Crippen molar-refractivity contribution in [1.29, 1.82) is 0 Å². The zero-order chi connectivity index (χ0) is 22.9. The number of alkyl halides is 3. The summed E-state index contributed by atoms with van der Waals surface area (Å²) in [4.78, 5) is 16.0. The maximum atomic E-state index is 13.1. The number of carbonyl (C=O) groups is 1. The van der Waals surface area contributed by atoms with E-state index in [9.17, 15) is 18.0 Å². The van der Waals surface area contributed by atoms with Gasteiger partial charge in [0, 0.05) is 47.0 Å². The number of nitrogens with zero attached hydrogens (tertiary/aromatic N) is 2. The van der Waals surface area contributed by atoms with Gasteiger partial charge >= 0.3 is 12.2 Å². The van der Waals surface area contributed by atoms with Crippen molar-refractivity contribution in [3.63, 3.8) is 0 Å². The normalized spacial score (nSPS) is 15.2. The summed E-state index contributed by atoms with van der Waals surface area (Å²) in [5.74, 6) is 0. The Balaban J connectivity index is 1.45. The van der Waals surface area contributed by atoms with Crippen molar-refractivity contribution in [1.82, 2.24) is 20.5 Å². The fourth-order valence-corrected chi connectivity index (χ4v) is 4.03. The predicted molar refractivity (Wildman–Crippen MR) is 115 cm³/mol. The van der Waals surface area contributed by atoms with E-state index in [1.165, 1.54) is 5.56 Å². The van der Waals surface area contributed by atoms with Crippen molar-refractivity contribution in [2.75, 3.05) is 5.32 Å². The SMILES string of the molecule is CC1(C)CCc2c(-c3cccc(NC(=O)NCc4cnccc4C(F)(F)F)c3)n[nH]c2C1. The first-order chi connectivity index (χ1) is 15.1. The van der Waals surface area contributed by atoms with Gasteiger partial charge in [0.2, 0.25) is 0 Å². The Morgan fingerprint density at radius 1 is 1.25 bits per heavy atom. The minimum atomic E-state index is -4.51. The first-order valence-electron chi connectivity index (χ1n) is 10.3. The third-order valence-electron chi connectivity index (χ3n) is 5.70. The van der Waals surface area contributed by atoms with Crippen LogP contribution in [-0.2, 0) is 25.6 Å². The molecule has 2 heterocycles. The Kier molecular flexibility index (Phi) is 5.66. The average Bonchev–Trinajstić information content (AvgIpc) is 3.14. The highest BCUT2D eigenvalue weighted by atomic mass is 19.4. The second-order valence-electron chi connectivity index (χ2n) is 8.79. The van der Waals surface area contributed by atoms with E-state index in [-0.39, 0.29) is 17.5 Å². The number of halogens is 3. The van der Waals surface area contributed by atoms with Crippen LogP contribution in [0.2, 0.25) is 0 Å². The van der Waals surface area contributed by atoms with Gasteiger partial charge in [-0.25, -0.2) is 4.79 Å². The first kappa shape index (κ1) is 21.9. The Bertz CT molecular complexity index is 1140. The van der Waals surface area contributed by atoms with E-state index in [1.807, 2.05) is 12.1 Å². The van der Waals surface area contributed by atoms with Gasteiger partial charge in [0.05, 0.1) is 11.3 Å². The van der Waals surface area contributed by atoms with Gasteiger partial charge < -0.3 is 10.6 Å². The zero-order valence-corrected chi connectivity index (χ0v) is 17.8. The predicted octanol–water partition coefficient (Wildman–Crippen LogP) is 5.33. The summed E-state index contributed by atoms with van der Waals surface area (Å²) in [5, 5.41) is 12.8. The molecule has 9 heteroatoms. The van der Waals surface area contributed by atoms with Gasteiger partial charge in [-0.1, -0.05) is 26.0 Å². The van der Waals surface area contributed by atoms with E-state index in [0.717, 1.165) is 54.7 Å². The number of H-pyrrole nitrogens is 1. The summed E-state index contributed by atoms with van der Waals surface area (Å²) in [6.07, 6.45) is 0.602. The molecule has 0 aliphatic heterocycles. The monoisotopic (exact) mass is 443 g/mol. The molecular formula is C23H24F3N5O. The fraction of sp³-hybridized carbons (Fsp3) is 0.348. The molecule has 3 aromatic rings. The number of amides is 2.